The first-order chi connectivity index (χ1) is 7.90. The molecule has 6 nitrogen and oxygen atoms in total. The molecular weight excluding hydrogens is 242 g/mol. The predicted octanol–water partition coefficient (Wildman–Crippen LogP) is -0.0699. The Bertz CT molecular complexity index is 568. The molecule has 3 N–H and O–H groups in total. The maximum absolute atomic E-state index is 11.8. The highest BCUT2D eigenvalue weighted by Gasteiger charge is 2.26. The molecule has 0 saturated heterocycles. The highest BCUT2D eigenvalue weighted by molar-refractivity contribution is 7.92. The number of nitrogens with two attached hydrogens (primary N) is 1. The lowest BCUT2D eigenvalue weighted by molar-refractivity contribution is 0.0783. The van der Waals surface area contributed by atoms with Crippen molar-refractivity contribution in [2.24, 2.45) is 5.73 Å². The van der Waals surface area contributed by atoms with Gasteiger partial charge in [-0.15, -0.1) is 0 Å². The molecule has 0 radical (unpaired) electrons. The lowest BCUT2D eigenvalue weighted by atomic mass is 10.1. The minimum atomic E-state index is -3.33. The summed E-state index contributed by atoms with van der Waals surface area (Å²) in [5.74, 6) is -0.167. The Hall–Kier alpha value is -1.60. The summed E-state index contributed by atoms with van der Waals surface area (Å²) >= 11 is 0. The third kappa shape index (κ3) is 2.40. The van der Waals surface area contributed by atoms with Gasteiger partial charge in [-0.1, -0.05) is 6.07 Å². The average molecular weight is 255 g/mol. The van der Waals surface area contributed by atoms with Gasteiger partial charge in [-0.25, -0.2) is 8.42 Å². The molecule has 0 aliphatic carbocycles. The molecule has 0 bridgehead atoms. The molecule has 0 fully saturated rings. The van der Waals surface area contributed by atoms with Gasteiger partial charge < -0.3 is 10.6 Å². The summed E-state index contributed by atoms with van der Waals surface area (Å²) in [5.41, 5.74) is 7.19. The third-order valence-corrected chi connectivity index (χ3v) is 3.12. The van der Waals surface area contributed by atoms with Crippen molar-refractivity contribution in [1.82, 2.24) is 4.90 Å². The van der Waals surface area contributed by atoms with Gasteiger partial charge in [0.25, 0.3) is 5.91 Å². The van der Waals surface area contributed by atoms with Crippen LogP contribution in [0.4, 0.5) is 5.69 Å². The van der Waals surface area contributed by atoms with Crippen molar-refractivity contribution in [3.05, 3.63) is 29.3 Å². The Labute approximate surface area is 99.5 Å². The zero-order valence-electron chi connectivity index (χ0n) is 9.30. The monoisotopic (exact) mass is 255 g/mol. The molecule has 1 amide bonds. The number of nitrogens with one attached hydrogen (secondary N) is 1. The number of benzene rings is 1. The van der Waals surface area contributed by atoms with E-state index >= 15 is 0 Å². The van der Waals surface area contributed by atoms with E-state index in [-0.39, 0.29) is 12.6 Å². The third-order valence-electron chi connectivity index (χ3n) is 2.51. The van der Waals surface area contributed by atoms with Crippen LogP contribution in [0, 0.1) is 0 Å². The SMILES string of the molecule is CS(=O)(=O)Nc1ccc2c(c1)C(=O)N(CN)C2. The fourth-order valence-electron chi connectivity index (χ4n) is 1.79. The van der Waals surface area contributed by atoms with Crippen molar-refractivity contribution in [2.75, 3.05) is 17.6 Å². The number of carbonyl (C=O) groups is 1. The molecule has 0 unspecified atom stereocenters. The van der Waals surface area contributed by atoms with Gasteiger partial charge in [-0.3, -0.25) is 9.52 Å². The minimum Gasteiger partial charge on any atom is -0.322 e. The Kier molecular flexibility index (Phi) is 2.80. The van der Waals surface area contributed by atoms with Gasteiger partial charge in [0.1, 0.15) is 0 Å². The van der Waals surface area contributed by atoms with Crippen LogP contribution in [0.15, 0.2) is 18.2 Å². The number of nitrogens with zero attached hydrogens (tertiary/aromatic N) is 1. The second-order valence-electron chi connectivity index (χ2n) is 3.93. The molecular formula is C10H13N3O3S. The average Bonchev–Trinajstić information content (AvgIpc) is 2.53. The quantitative estimate of drug-likeness (QED) is 0.790. The lowest BCUT2D eigenvalue weighted by Crippen LogP contribution is -2.29. The second kappa shape index (κ2) is 4.01. The molecule has 7 heteroatoms. The van der Waals surface area contributed by atoms with Crippen molar-refractivity contribution in [2.45, 2.75) is 6.54 Å². The van der Waals surface area contributed by atoms with Crippen molar-refractivity contribution >= 4 is 21.6 Å². The Morgan fingerprint density at radius 3 is 2.76 bits per heavy atom. The van der Waals surface area contributed by atoms with Gasteiger partial charge >= 0.3 is 0 Å². The number of hydrogen-bond donors (Lipinski definition) is 2. The van der Waals surface area contributed by atoms with Crippen molar-refractivity contribution in [1.29, 1.82) is 0 Å². The van der Waals surface area contributed by atoms with E-state index in [0.717, 1.165) is 11.8 Å². The van der Waals surface area contributed by atoms with E-state index in [9.17, 15) is 13.2 Å². The summed E-state index contributed by atoms with van der Waals surface area (Å²) in [6.45, 7) is 0.631. The molecule has 0 atom stereocenters. The summed E-state index contributed by atoms with van der Waals surface area (Å²) < 4.78 is 24.5. The van der Waals surface area contributed by atoms with Crippen molar-refractivity contribution in [3.63, 3.8) is 0 Å². The molecule has 0 spiro atoms. The van der Waals surface area contributed by atoms with Crippen molar-refractivity contribution in [3.8, 4) is 0 Å². The highest BCUT2D eigenvalue weighted by atomic mass is 32.2. The molecule has 1 aliphatic heterocycles. The molecule has 92 valence electrons. The summed E-state index contributed by atoms with van der Waals surface area (Å²) in [6.07, 6.45) is 1.06. The normalized spacial score (nSPS) is 14.9. The smallest absolute Gasteiger partial charge is 0.255 e. The zero-order chi connectivity index (χ0) is 12.6. The number of sulfonamides is 1. The standard InChI is InChI=1S/C10H13N3O3S/c1-17(15,16)12-8-3-2-7-5-13(6-11)10(14)9(7)4-8/h2-4,12H,5-6,11H2,1H3. The molecule has 17 heavy (non-hydrogen) atoms. The van der Waals surface area contributed by atoms with E-state index in [1.807, 2.05) is 0 Å². The van der Waals surface area contributed by atoms with E-state index in [1.165, 1.54) is 11.0 Å². The van der Waals surface area contributed by atoms with Gasteiger partial charge in [0.2, 0.25) is 10.0 Å². The van der Waals surface area contributed by atoms with E-state index in [0.29, 0.717) is 17.8 Å². The molecule has 1 aromatic carbocycles. The molecule has 0 aromatic heterocycles. The van der Waals surface area contributed by atoms with Gasteiger partial charge in [-0.05, 0) is 17.7 Å². The summed E-state index contributed by atoms with van der Waals surface area (Å²) in [5, 5.41) is 0. The van der Waals surface area contributed by atoms with Crippen LogP contribution in [-0.4, -0.2) is 32.1 Å². The van der Waals surface area contributed by atoms with E-state index in [1.54, 1.807) is 12.1 Å². The first-order valence-electron chi connectivity index (χ1n) is 5.01. The number of rotatable bonds is 3. The zero-order valence-corrected chi connectivity index (χ0v) is 10.1. The van der Waals surface area contributed by atoms with Gasteiger partial charge in [0.05, 0.1) is 12.9 Å². The van der Waals surface area contributed by atoms with E-state index in [2.05, 4.69) is 4.72 Å². The Balaban J connectivity index is 2.34. The first-order valence-corrected chi connectivity index (χ1v) is 6.90. The largest absolute Gasteiger partial charge is 0.322 e. The summed E-state index contributed by atoms with van der Waals surface area (Å²) in [7, 11) is -3.33. The number of fused-ring (bicyclic) bond motifs is 1. The number of carbonyl (C=O) groups excluding carboxylic acids is 1. The maximum atomic E-state index is 11.8. The maximum Gasteiger partial charge on any atom is 0.255 e. The van der Waals surface area contributed by atoms with Crippen LogP contribution >= 0.6 is 0 Å². The van der Waals surface area contributed by atoms with Crippen LogP contribution in [0.2, 0.25) is 0 Å². The first kappa shape index (κ1) is 11.9. The van der Waals surface area contributed by atoms with Crippen LogP contribution < -0.4 is 10.5 Å². The summed E-state index contributed by atoms with van der Waals surface area (Å²) in [6, 6.07) is 4.90. The molecule has 2 rings (SSSR count). The second-order valence-corrected chi connectivity index (χ2v) is 5.68. The van der Waals surface area contributed by atoms with Crippen LogP contribution in [0.5, 0.6) is 0 Å². The van der Waals surface area contributed by atoms with Crippen LogP contribution in [-0.2, 0) is 16.6 Å². The Morgan fingerprint density at radius 2 is 2.18 bits per heavy atom. The molecule has 1 aliphatic rings. The minimum absolute atomic E-state index is 0.155. The highest BCUT2D eigenvalue weighted by Crippen LogP contribution is 2.25. The fourth-order valence-corrected chi connectivity index (χ4v) is 2.34. The van der Waals surface area contributed by atoms with Crippen LogP contribution in [0.3, 0.4) is 0 Å². The predicted molar refractivity (Wildman–Crippen MR) is 63.8 cm³/mol. The van der Waals surface area contributed by atoms with E-state index < -0.39 is 10.0 Å². The topological polar surface area (TPSA) is 92.5 Å². The number of hydrogen-bond acceptors (Lipinski definition) is 4. The Morgan fingerprint density at radius 1 is 1.47 bits per heavy atom. The van der Waals surface area contributed by atoms with Crippen LogP contribution in [0.25, 0.3) is 0 Å². The molecule has 1 heterocycles. The number of anilines is 1. The van der Waals surface area contributed by atoms with E-state index in [4.69, 9.17) is 5.73 Å². The van der Waals surface area contributed by atoms with Gasteiger partial charge in [0, 0.05) is 17.8 Å². The summed E-state index contributed by atoms with van der Waals surface area (Å²) in [4.78, 5) is 13.3. The number of amides is 1. The fraction of sp³-hybridized carbons (Fsp3) is 0.300. The molecule has 0 saturated carbocycles. The van der Waals surface area contributed by atoms with Gasteiger partial charge in [-0.2, -0.15) is 0 Å². The van der Waals surface area contributed by atoms with Gasteiger partial charge in [0.15, 0.2) is 0 Å². The lowest BCUT2D eigenvalue weighted by Gasteiger charge is -2.10. The van der Waals surface area contributed by atoms with Crippen LogP contribution in [0.1, 0.15) is 15.9 Å². The molecule has 1 aromatic rings. The van der Waals surface area contributed by atoms with Crippen molar-refractivity contribution < 1.29 is 13.2 Å².